The smallest absolute Gasteiger partial charge is 0.225 e. The van der Waals surface area contributed by atoms with Crippen molar-refractivity contribution in [2.24, 2.45) is 0 Å². The summed E-state index contributed by atoms with van der Waals surface area (Å²) in [6.45, 7) is 4.44. The van der Waals surface area contributed by atoms with Crippen molar-refractivity contribution in [3.8, 4) is 5.75 Å². The molecule has 1 N–H and O–H groups in total. The quantitative estimate of drug-likeness (QED) is 0.596. The Kier molecular flexibility index (Phi) is 4.28. The van der Waals surface area contributed by atoms with Crippen LogP contribution in [0.2, 0.25) is 0 Å². The van der Waals surface area contributed by atoms with Crippen molar-refractivity contribution < 1.29 is 9.53 Å². The number of rotatable bonds is 3. The Morgan fingerprint density at radius 1 is 0.933 bits per heavy atom. The topological polar surface area (TPSA) is 38.3 Å². The lowest BCUT2D eigenvalue weighted by Crippen LogP contribution is -2.52. The summed E-state index contributed by atoms with van der Waals surface area (Å²) in [5, 5.41) is 3.05. The molecule has 0 saturated carbocycles. The number of amides is 1. The average Bonchev–Trinajstić information content (AvgIpc) is 2.93. The summed E-state index contributed by atoms with van der Waals surface area (Å²) in [6, 6.07) is 26.1. The highest BCUT2D eigenvalue weighted by atomic mass is 16.5. The predicted octanol–water partition coefficient (Wildman–Crippen LogP) is 5.93. The summed E-state index contributed by atoms with van der Waals surface area (Å²) >= 11 is 0. The minimum Gasteiger partial charge on any atom is -0.481 e. The predicted molar refractivity (Wildman–Crippen MR) is 121 cm³/mol. The van der Waals surface area contributed by atoms with Crippen molar-refractivity contribution in [1.82, 2.24) is 0 Å². The van der Waals surface area contributed by atoms with Crippen molar-refractivity contribution in [3.63, 3.8) is 0 Å². The summed E-state index contributed by atoms with van der Waals surface area (Å²) in [7, 11) is 0. The molecule has 3 nitrogen and oxygen atoms in total. The fraction of sp³-hybridized carbons (Fsp3) is 0.222. The molecular weight excluding hydrogens is 370 g/mol. The first-order valence-electron chi connectivity index (χ1n) is 10.4. The highest BCUT2D eigenvalue weighted by Gasteiger charge is 2.60. The number of benzene rings is 3. The van der Waals surface area contributed by atoms with Crippen molar-refractivity contribution in [2.75, 3.05) is 5.32 Å². The molecule has 5 rings (SSSR count). The second kappa shape index (κ2) is 6.88. The van der Waals surface area contributed by atoms with Crippen molar-refractivity contribution in [3.05, 3.63) is 102 Å². The van der Waals surface area contributed by atoms with E-state index in [4.69, 9.17) is 4.74 Å². The molecule has 3 aromatic rings. The number of hydrogen-bond donors (Lipinski definition) is 1. The first-order valence-corrected chi connectivity index (χ1v) is 10.4. The van der Waals surface area contributed by atoms with E-state index >= 15 is 0 Å². The third-order valence-corrected chi connectivity index (χ3v) is 6.66. The first-order chi connectivity index (χ1) is 14.5. The van der Waals surface area contributed by atoms with E-state index in [1.165, 1.54) is 11.1 Å². The monoisotopic (exact) mass is 395 g/mol. The number of para-hydroxylation sites is 2. The zero-order valence-corrected chi connectivity index (χ0v) is 17.3. The summed E-state index contributed by atoms with van der Waals surface area (Å²) in [4.78, 5) is 13.1. The number of fused-ring (bicyclic) bond motifs is 2. The van der Waals surface area contributed by atoms with Gasteiger partial charge in [0, 0.05) is 29.0 Å². The van der Waals surface area contributed by atoms with Gasteiger partial charge in [-0.15, -0.1) is 0 Å². The minimum atomic E-state index is -0.626. The van der Waals surface area contributed by atoms with E-state index < -0.39 is 5.60 Å². The van der Waals surface area contributed by atoms with E-state index in [0.29, 0.717) is 6.42 Å². The second-order valence-electron chi connectivity index (χ2n) is 8.65. The molecule has 1 aliphatic heterocycles. The lowest BCUT2D eigenvalue weighted by molar-refractivity contribution is -0.117. The molecular formula is C27H25NO2. The average molecular weight is 396 g/mol. The van der Waals surface area contributed by atoms with Gasteiger partial charge in [-0.3, -0.25) is 4.79 Å². The van der Waals surface area contributed by atoms with Crippen LogP contribution in [0, 0.1) is 0 Å². The lowest BCUT2D eigenvalue weighted by atomic mass is 9.69. The summed E-state index contributed by atoms with van der Waals surface area (Å²) < 4.78 is 6.78. The van der Waals surface area contributed by atoms with Gasteiger partial charge in [0.05, 0.1) is 0 Å². The van der Waals surface area contributed by atoms with Gasteiger partial charge in [0.2, 0.25) is 5.91 Å². The maximum absolute atomic E-state index is 13.1. The van der Waals surface area contributed by atoms with E-state index in [0.717, 1.165) is 17.0 Å². The van der Waals surface area contributed by atoms with Crippen LogP contribution >= 0.6 is 0 Å². The van der Waals surface area contributed by atoms with Gasteiger partial charge in [-0.25, -0.2) is 0 Å². The third-order valence-electron chi connectivity index (χ3n) is 6.66. The largest absolute Gasteiger partial charge is 0.481 e. The first kappa shape index (κ1) is 18.7. The maximum atomic E-state index is 13.1. The van der Waals surface area contributed by atoms with Gasteiger partial charge in [-0.1, -0.05) is 80.6 Å². The SMILES string of the molecule is CC1(C)c2ccccc2C(CC(=O)Nc2ccccc2)C12C=Cc1ccccc1O2. The van der Waals surface area contributed by atoms with Crippen LogP contribution in [0.1, 0.15) is 42.9 Å². The second-order valence-corrected chi connectivity index (χ2v) is 8.65. The Labute approximate surface area is 177 Å². The summed E-state index contributed by atoms with van der Waals surface area (Å²) in [5.41, 5.74) is 3.40. The highest BCUT2D eigenvalue weighted by molar-refractivity contribution is 5.91. The molecule has 3 aromatic carbocycles. The van der Waals surface area contributed by atoms with E-state index in [-0.39, 0.29) is 17.2 Å². The number of nitrogens with one attached hydrogen (secondary N) is 1. The van der Waals surface area contributed by atoms with Crippen molar-refractivity contribution >= 4 is 17.7 Å². The van der Waals surface area contributed by atoms with Gasteiger partial charge < -0.3 is 10.1 Å². The fourth-order valence-corrected chi connectivity index (χ4v) is 5.09. The van der Waals surface area contributed by atoms with Crippen LogP contribution in [-0.4, -0.2) is 11.5 Å². The number of ether oxygens (including phenoxy) is 1. The molecule has 2 atom stereocenters. The van der Waals surface area contributed by atoms with Gasteiger partial charge in [0.15, 0.2) is 0 Å². The van der Waals surface area contributed by atoms with Gasteiger partial charge in [-0.05, 0) is 35.4 Å². The molecule has 2 aliphatic rings. The summed E-state index contributed by atoms with van der Waals surface area (Å²) in [5.74, 6) is 0.778. The van der Waals surface area contributed by atoms with Crippen molar-refractivity contribution in [2.45, 2.75) is 37.2 Å². The Bertz CT molecular complexity index is 1130. The number of carbonyl (C=O) groups excluding carboxylic acids is 1. The van der Waals surface area contributed by atoms with Gasteiger partial charge >= 0.3 is 0 Å². The lowest BCUT2D eigenvalue weighted by Gasteiger charge is -2.45. The van der Waals surface area contributed by atoms with Crippen LogP contribution in [0.5, 0.6) is 5.75 Å². The zero-order chi connectivity index (χ0) is 20.8. The number of hydrogen-bond acceptors (Lipinski definition) is 2. The molecule has 0 fully saturated rings. The third kappa shape index (κ3) is 2.77. The molecule has 1 amide bonds. The normalized spacial score (nSPS) is 22.8. The van der Waals surface area contributed by atoms with E-state index in [1.807, 2.05) is 48.5 Å². The van der Waals surface area contributed by atoms with Gasteiger partial charge in [0.1, 0.15) is 11.4 Å². The molecule has 0 aromatic heterocycles. The Morgan fingerprint density at radius 2 is 1.63 bits per heavy atom. The zero-order valence-electron chi connectivity index (χ0n) is 17.3. The standard InChI is InChI=1S/C27H25NO2/c1-26(2)22-14-8-7-13-21(22)23(18-25(29)28-20-11-4-3-5-12-20)27(26)17-16-19-10-6-9-15-24(19)30-27/h3-17,23H,18H2,1-2H3,(H,28,29). The van der Waals surface area contributed by atoms with Crippen LogP contribution in [0.15, 0.2) is 84.9 Å². The fourth-order valence-electron chi connectivity index (χ4n) is 5.09. The molecule has 1 aliphatic carbocycles. The molecule has 30 heavy (non-hydrogen) atoms. The van der Waals surface area contributed by atoms with Crippen LogP contribution in [0.4, 0.5) is 5.69 Å². The highest BCUT2D eigenvalue weighted by Crippen LogP contribution is 2.58. The van der Waals surface area contributed by atoms with Crippen molar-refractivity contribution in [1.29, 1.82) is 0 Å². The maximum Gasteiger partial charge on any atom is 0.225 e. The Hall–Kier alpha value is -3.33. The van der Waals surface area contributed by atoms with Crippen LogP contribution < -0.4 is 10.1 Å². The Balaban J connectivity index is 1.56. The molecule has 0 bridgehead atoms. The molecule has 0 saturated heterocycles. The van der Waals surface area contributed by atoms with Crippen LogP contribution in [0.3, 0.4) is 0 Å². The molecule has 1 heterocycles. The summed E-state index contributed by atoms with van der Waals surface area (Å²) in [6.07, 6.45) is 4.67. The molecule has 1 spiro atoms. The molecule has 3 heteroatoms. The molecule has 150 valence electrons. The van der Waals surface area contributed by atoms with E-state index in [1.54, 1.807) is 0 Å². The minimum absolute atomic E-state index is 0.00561. The van der Waals surface area contributed by atoms with E-state index in [2.05, 4.69) is 61.6 Å². The number of carbonyl (C=O) groups is 1. The van der Waals surface area contributed by atoms with Crippen LogP contribution in [0.25, 0.3) is 6.08 Å². The number of anilines is 1. The van der Waals surface area contributed by atoms with Crippen LogP contribution in [-0.2, 0) is 10.2 Å². The van der Waals surface area contributed by atoms with Gasteiger partial charge in [-0.2, -0.15) is 0 Å². The van der Waals surface area contributed by atoms with E-state index in [9.17, 15) is 4.79 Å². The van der Waals surface area contributed by atoms with Gasteiger partial charge in [0.25, 0.3) is 0 Å². The molecule has 2 unspecified atom stereocenters. The Morgan fingerprint density at radius 3 is 2.47 bits per heavy atom. The molecule has 0 radical (unpaired) electrons.